The molecule has 1 amide bonds. The molecule has 136 valence electrons. The summed E-state index contributed by atoms with van der Waals surface area (Å²) >= 11 is 0. The zero-order chi connectivity index (χ0) is 18.4. The summed E-state index contributed by atoms with van der Waals surface area (Å²) in [6.07, 6.45) is 4.38. The van der Waals surface area contributed by atoms with Gasteiger partial charge < -0.3 is 14.4 Å². The van der Waals surface area contributed by atoms with Crippen molar-refractivity contribution in [1.82, 2.24) is 24.8 Å². The predicted octanol–water partition coefficient (Wildman–Crippen LogP) is 2.91. The number of aromatic amines is 1. The van der Waals surface area contributed by atoms with Crippen LogP contribution in [0.3, 0.4) is 0 Å². The number of carbonyl (C=O) groups excluding carboxylic acids is 1. The van der Waals surface area contributed by atoms with Crippen molar-refractivity contribution in [3.05, 3.63) is 71.0 Å². The Morgan fingerprint density at radius 2 is 2.19 bits per heavy atom. The predicted molar refractivity (Wildman–Crippen MR) is 99.3 cm³/mol. The lowest BCUT2D eigenvalue weighted by Gasteiger charge is -2.26. The number of H-pyrrole nitrogens is 1. The number of nitrogens with zero attached hydrogens (tertiary/aromatic N) is 4. The Labute approximate surface area is 155 Å². The van der Waals surface area contributed by atoms with Gasteiger partial charge in [0.1, 0.15) is 5.76 Å². The number of aryl methyl sites for hydroxylation is 1. The van der Waals surface area contributed by atoms with E-state index in [0.717, 1.165) is 17.5 Å². The van der Waals surface area contributed by atoms with Crippen LogP contribution in [0.25, 0.3) is 10.9 Å². The first-order chi connectivity index (χ1) is 13.2. The van der Waals surface area contributed by atoms with Crippen molar-refractivity contribution in [3.63, 3.8) is 0 Å². The van der Waals surface area contributed by atoms with E-state index in [4.69, 9.17) is 4.52 Å². The van der Waals surface area contributed by atoms with E-state index >= 15 is 0 Å². The number of fused-ring (bicyclic) bond motifs is 3. The average molecular weight is 361 g/mol. The third-order valence-corrected chi connectivity index (χ3v) is 5.24. The van der Waals surface area contributed by atoms with Crippen LogP contribution in [0.4, 0.5) is 0 Å². The molecule has 0 radical (unpaired) electrons. The van der Waals surface area contributed by atoms with Gasteiger partial charge in [0.15, 0.2) is 5.69 Å². The standard InChI is InChI=1S/C20H19N5O2/c1-13-15(12-25-9-4-8-21-25)19(23-27-13)20(26)24-10-7-18-16(11-24)14-5-2-3-6-17(14)22-18/h2-6,8-9,22H,7,10-12H2,1H3. The lowest BCUT2D eigenvalue weighted by atomic mass is 10.0. The second kappa shape index (κ2) is 6.12. The van der Waals surface area contributed by atoms with Crippen LogP contribution in [0.1, 0.15) is 33.1 Å². The van der Waals surface area contributed by atoms with E-state index in [2.05, 4.69) is 27.4 Å². The maximum Gasteiger partial charge on any atom is 0.276 e. The molecule has 3 aromatic heterocycles. The van der Waals surface area contributed by atoms with Crippen LogP contribution >= 0.6 is 0 Å². The highest BCUT2D eigenvalue weighted by Gasteiger charge is 2.29. The van der Waals surface area contributed by atoms with Gasteiger partial charge in [-0.2, -0.15) is 5.10 Å². The number of hydrogen-bond donors (Lipinski definition) is 1. The minimum Gasteiger partial charge on any atom is -0.361 e. The van der Waals surface area contributed by atoms with Crippen LogP contribution in [0.15, 0.2) is 47.2 Å². The number of nitrogens with one attached hydrogen (secondary N) is 1. The van der Waals surface area contributed by atoms with Crippen LogP contribution in [-0.2, 0) is 19.5 Å². The Kier molecular flexibility index (Phi) is 3.60. The molecule has 1 aliphatic heterocycles. The van der Waals surface area contributed by atoms with E-state index in [0.29, 0.717) is 31.1 Å². The van der Waals surface area contributed by atoms with Gasteiger partial charge in [-0.15, -0.1) is 0 Å². The fraction of sp³-hybridized carbons (Fsp3) is 0.250. The first-order valence-electron chi connectivity index (χ1n) is 9.01. The third-order valence-electron chi connectivity index (χ3n) is 5.24. The summed E-state index contributed by atoms with van der Waals surface area (Å²) < 4.78 is 7.10. The van der Waals surface area contributed by atoms with E-state index in [1.165, 1.54) is 16.6 Å². The van der Waals surface area contributed by atoms with Gasteiger partial charge in [-0.3, -0.25) is 9.48 Å². The molecule has 0 bridgehead atoms. The molecule has 27 heavy (non-hydrogen) atoms. The molecule has 4 aromatic rings. The smallest absolute Gasteiger partial charge is 0.276 e. The number of carbonyl (C=O) groups is 1. The monoisotopic (exact) mass is 361 g/mol. The zero-order valence-corrected chi connectivity index (χ0v) is 15.0. The van der Waals surface area contributed by atoms with Gasteiger partial charge in [-0.25, -0.2) is 0 Å². The topological polar surface area (TPSA) is 80.0 Å². The molecule has 0 saturated carbocycles. The van der Waals surface area contributed by atoms with Gasteiger partial charge in [-0.1, -0.05) is 23.4 Å². The normalized spacial score (nSPS) is 13.9. The first kappa shape index (κ1) is 15.9. The highest BCUT2D eigenvalue weighted by molar-refractivity contribution is 5.94. The van der Waals surface area contributed by atoms with E-state index in [-0.39, 0.29) is 5.91 Å². The quantitative estimate of drug-likeness (QED) is 0.608. The van der Waals surface area contributed by atoms with Crippen LogP contribution in [0.2, 0.25) is 0 Å². The molecule has 0 fully saturated rings. The largest absolute Gasteiger partial charge is 0.361 e. The third kappa shape index (κ3) is 2.63. The summed E-state index contributed by atoms with van der Waals surface area (Å²) in [5.41, 5.74) is 4.69. The Balaban J connectivity index is 1.45. The molecule has 5 rings (SSSR count). The molecule has 4 heterocycles. The average Bonchev–Trinajstić information content (AvgIpc) is 3.41. The zero-order valence-electron chi connectivity index (χ0n) is 15.0. The summed E-state index contributed by atoms with van der Waals surface area (Å²) in [5.74, 6) is 0.559. The van der Waals surface area contributed by atoms with Crippen LogP contribution < -0.4 is 0 Å². The molecule has 0 spiro atoms. The number of rotatable bonds is 3. The van der Waals surface area contributed by atoms with Crippen molar-refractivity contribution in [2.75, 3.05) is 6.54 Å². The van der Waals surface area contributed by atoms with Crippen LogP contribution in [-0.4, -0.2) is 37.3 Å². The molecule has 0 atom stereocenters. The molecular weight excluding hydrogens is 342 g/mol. The Hall–Kier alpha value is -3.35. The molecule has 1 N–H and O–H groups in total. The molecule has 7 nitrogen and oxygen atoms in total. The van der Waals surface area contributed by atoms with Crippen molar-refractivity contribution in [2.45, 2.75) is 26.4 Å². The van der Waals surface area contributed by atoms with E-state index in [9.17, 15) is 4.79 Å². The number of benzene rings is 1. The summed E-state index contributed by atoms with van der Waals surface area (Å²) in [4.78, 5) is 18.5. The van der Waals surface area contributed by atoms with Crippen LogP contribution in [0, 0.1) is 6.92 Å². The van der Waals surface area contributed by atoms with E-state index in [1.54, 1.807) is 10.9 Å². The van der Waals surface area contributed by atoms with Gasteiger partial charge in [0.25, 0.3) is 5.91 Å². The lowest BCUT2D eigenvalue weighted by Crippen LogP contribution is -2.36. The van der Waals surface area contributed by atoms with E-state index < -0.39 is 0 Å². The minimum absolute atomic E-state index is 0.0927. The fourth-order valence-electron chi connectivity index (χ4n) is 3.79. The Bertz CT molecular complexity index is 1120. The second-order valence-electron chi connectivity index (χ2n) is 6.87. The minimum atomic E-state index is -0.0927. The maximum absolute atomic E-state index is 13.2. The summed E-state index contributed by atoms with van der Waals surface area (Å²) in [7, 11) is 0. The Morgan fingerprint density at radius 3 is 3.04 bits per heavy atom. The van der Waals surface area contributed by atoms with Crippen molar-refractivity contribution >= 4 is 16.8 Å². The molecule has 0 saturated heterocycles. The van der Waals surface area contributed by atoms with Gasteiger partial charge in [0.2, 0.25) is 0 Å². The van der Waals surface area contributed by atoms with Crippen molar-refractivity contribution in [3.8, 4) is 0 Å². The number of para-hydroxylation sites is 1. The molecule has 0 unspecified atom stereocenters. The number of hydrogen-bond acceptors (Lipinski definition) is 4. The van der Waals surface area contributed by atoms with E-state index in [1.807, 2.05) is 36.2 Å². The molecule has 7 heteroatoms. The summed E-state index contributed by atoms with van der Waals surface area (Å²) in [5, 5.41) is 9.46. The maximum atomic E-state index is 13.2. The SMILES string of the molecule is Cc1onc(C(=O)N2CCc3[nH]c4ccccc4c3C2)c1Cn1cccn1. The number of aromatic nitrogens is 4. The first-order valence-corrected chi connectivity index (χ1v) is 9.01. The van der Waals surface area contributed by atoms with Gasteiger partial charge in [0.05, 0.1) is 6.54 Å². The van der Waals surface area contributed by atoms with Gasteiger partial charge >= 0.3 is 0 Å². The number of amides is 1. The molecule has 1 aliphatic rings. The highest BCUT2D eigenvalue weighted by atomic mass is 16.5. The van der Waals surface area contributed by atoms with Crippen molar-refractivity contribution < 1.29 is 9.32 Å². The molecule has 0 aliphatic carbocycles. The summed E-state index contributed by atoms with van der Waals surface area (Å²) in [6.45, 7) is 3.53. The second-order valence-corrected chi connectivity index (χ2v) is 6.87. The summed E-state index contributed by atoms with van der Waals surface area (Å²) in [6, 6.07) is 10.1. The Morgan fingerprint density at radius 1 is 1.30 bits per heavy atom. The molecule has 1 aromatic carbocycles. The highest BCUT2D eigenvalue weighted by Crippen LogP contribution is 2.28. The van der Waals surface area contributed by atoms with Gasteiger partial charge in [0, 0.05) is 59.6 Å². The fourth-order valence-corrected chi connectivity index (χ4v) is 3.79. The van der Waals surface area contributed by atoms with Crippen LogP contribution in [0.5, 0.6) is 0 Å². The van der Waals surface area contributed by atoms with Crippen molar-refractivity contribution in [1.29, 1.82) is 0 Å². The lowest BCUT2D eigenvalue weighted by molar-refractivity contribution is 0.0723. The molecular formula is C20H19N5O2. The van der Waals surface area contributed by atoms with Gasteiger partial charge in [-0.05, 0) is 19.1 Å². The van der Waals surface area contributed by atoms with Crippen molar-refractivity contribution in [2.24, 2.45) is 0 Å².